The zero-order valence-corrected chi connectivity index (χ0v) is 8.59. The van der Waals surface area contributed by atoms with Gasteiger partial charge in [0, 0.05) is 18.4 Å². The van der Waals surface area contributed by atoms with Crippen molar-refractivity contribution in [1.82, 2.24) is 10.3 Å². The molecule has 1 heterocycles. The van der Waals surface area contributed by atoms with Crippen molar-refractivity contribution in [3.05, 3.63) is 24.0 Å². The molecule has 1 unspecified atom stereocenters. The molecule has 0 fully saturated rings. The number of hydrogen-bond donors (Lipinski definition) is 3. The Bertz CT molecular complexity index is 239. The van der Waals surface area contributed by atoms with Crippen LogP contribution in [0.15, 0.2) is 18.5 Å². The molecule has 0 saturated heterocycles. The standard InChI is InChI=1S/C10H19N3/c1-10(2,7-11)9(12-3)8-4-5-13-6-8/h4-6,9,12-13H,7,11H2,1-3H3. The summed E-state index contributed by atoms with van der Waals surface area (Å²) in [5, 5.41) is 3.30. The van der Waals surface area contributed by atoms with Crippen LogP contribution in [0.3, 0.4) is 0 Å². The molecule has 1 aromatic rings. The second-order valence-corrected chi connectivity index (χ2v) is 4.06. The highest BCUT2D eigenvalue weighted by molar-refractivity contribution is 5.16. The van der Waals surface area contributed by atoms with E-state index in [0.29, 0.717) is 12.6 Å². The second-order valence-electron chi connectivity index (χ2n) is 4.06. The van der Waals surface area contributed by atoms with Crippen LogP contribution < -0.4 is 11.1 Å². The summed E-state index contributed by atoms with van der Waals surface area (Å²) in [7, 11) is 1.97. The number of rotatable bonds is 4. The second kappa shape index (κ2) is 3.94. The molecule has 74 valence electrons. The first-order chi connectivity index (χ1) is 6.11. The van der Waals surface area contributed by atoms with Crippen LogP contribution in [0.25, 0.3) is 0 Å². The summed E-state index contributed by atoms with van der Waals surface area (Å²) in [6, 6.07) is 2.39. The molecular weight excluding hydrogens is 162 g/mol. The minimum absolute atomic E-state index is 0.0803. The third-order valence-electron chi connectivity index (χ3n) is 2.55. The smallest absolute Gasteiger partial charge is 0.0396 e. The Kier molecular flexibility index (Phi) is 3.12. The van der Waals surface area contributed by atoms with Crippen LogP contribution >= 0.6 is 0 Å². The van der Waals surface area contributed by atoms with Crippen molar-refractivity contribution < 1.29 is 0 Å². The average molecular weight is 181 g/mol. The van der Waals surface area contributed by atoms with Gasteiger partial charge < -0.3 is 16.0 Å². The summed E-state index contributed by atoms with van der Waals surface area (Å²) in [5.74, 6) is 0. The fraction of sp³-hybridized carbons (Fsp3) is 0.600. The first-order valence-electron chi connectivity index (χ1n) is 4.62. The van der Waals surface area contributed by atoms with Gasteiger partial charge in [0.25, 0.3) is 0 Å². The molecule has 0 bridgehead atoms. The van der Waals surface area contributed by atoms with E-state index in [9.17, 15) is 0 Å². The number of nitrogens with two attached hydrogens (primary N) is 1. The van der Waals surface area contributed by atoms with Gasteiger partial charge in [-0.3, -0.25) is 0 Å². The third-order valence-corrected chi connectivity index (χ3v) is 2.55. The van der Waals surface area contributed by atoms with E-state index in [1.54, 1.807) is 0 Å². The molecule has 0 saturated carbocycles. The van der Waals surface area contributed by atoms with Crippen LogP contribution in [0.4, 0.5) is 0 Å². The highest BCUT2D eigenvalue weighted by Crippen LogP contribution is 2.31. The summed E-state index contributed by atoms with van der Waals surface area (Å²) < 4.78 is 0. The van der Waals surface area contributed by atoms with Gasteiger partial charge in [-0.15, -0.1) is 0 Å². The number of hydrogen-bond acceptors (Lipinski definition) is 2. The van der Waals surface area contributed by atoms with E-state index >= 15 is 0 Å². The maximum absolute atomic E-state index is 5.74. The first kappa shape index (κ1) is 10.3. The molecule has 0 spiro atoms. The molecule has 1 rings (SSSR count). The molecule has 3 heteroatoms. The van der Waals surface area contributed by atoms with Crippen molar-refractivity contribution in [2.45, 2.75) is 19.9 Å². The van der Waals surface area contributed by atoms with Gasteiger partial charge in [-0.1, -0.05) is 13.8 Å². The molecule has 0 aliphatic carbocycles. The predicted octanol–water partition coefficient (Wildman–Crippen LogP) is 1.26. The van der Waals surface area contributed by atoms with Crippen molar-refractivity contribution >= 4 is 0 Å². The fourth-order valence-corrected chi connectivity index (χ4v) is 1.64. The van der Waals surface area contributed by atoms with E-state index in [-0.39, 0.29) is 5.41 Å². The molecular formula is C10H19N3. The quantitative estimate of drug-likeness (QED) is 0.655. The van der Waals surface area contributed by atoms with Crippen molar-refractivity contribution in [3.8, 4) is 0 Å². The summed E-state index contributed by atoms with van der Waals surface area (Å²) in [4.78, 5) is 3.06. The van der Waals surface area contributed by atoms with Crippen LogP contribution in [0, 0.1) is 5.41 Å². The molecule has 0 aliphatic rings. The molecule has 1 aromatic heterocycles. The summed E-state index contributed by atoms with van der Waals surface area (Å²) >= 11 is 0. The third kappa shape index (κ3) is 2.11. The van der Waals surface area contributed by atoms with Crippen LogP contribution in [-0.4, -0.2) is 18.6 Å². The van der Waals surface area contributed by atoms with E-state index in [4.69, 9.17) is 5.73 Å². The minimum Gasteiger partial charge on any atom is -0.367 e. The fourth-order valence-electron chi connectivity index (χ4n) is 1.64. The van der Waals surface area contributed by atoms with Gasteiger partial charge in [-0.05, 0) is 30.6 Å². The Balaban J connectivity index is 2.86. The van der Waals surface area contributed by atoms with E-state index in [1.807, 2.05) is 19.4 Å². The first-order valence-corrected chi connectivity index (χ1v) is 4.62. The number of aromatic amines is 1. The topological polar surface area (TPSA) is 53.8 Å². The van der Waals surface area contributed by atoms with E-state index in [1.165, 1.54) is 5.56 Å². The molecule has 0 radical (unpaired) electrons. The molecule has 13 heavy (non-hydrogen) atoms. The van der Waals surface area contributed by atoms with Crippen LogP contribution in [0.5, 0.6) is 0 Å². The number of nitrogens with one attached hydrogen (secondary N) is 2. The van der Waals surface area contributed by atoms with Crippen LogP contribution in [-0.2, 0) is 0 Å². The molecule has 0 amide bonds. The lowest BCUT2D eigenvalue weighted by Gasteiger charge is -2.32. The van der Waals surface area contributed by atoms with Gasteiger partial charge in [0.05, 0.1) is 0 Å². The molecule has 1 atom stereocenters. The summed E-state index contributed by atoms with van der Waals surface area (Å²) in [5.41, 5.74) is 7.08. The van der Waals surface area contributed by atoms with E-state index < -0.39 is 0 Å². The van der Waals surface area contributed by atoms with E-state index in [2.05, 4.69) is 30.2 Å². The minimum atomic E-state index is 0.0803. The van der Waals surface area contributed by atoms with Gasteiger partial charge in [0.2, 0.25) is 0 Å². The molecule has 0 aliphatic heterocycles. The van der Waals surface area contributed by atoms with Crippen molar-refractivity contribution in [2.75, 3.05) is 13.6 Å². The van der Waals surface area contributed by atoms with Gasteiger partial charge in [-0.25, -0.2) is 0 Å². The van der Waals surface area contributed by atoms with Gasteiger partial charge in [-0.2, -0.15) is 0 Å². The molecule has 4 N–H and O–H groups in total. The van der Waals surface area contributed by atoms with Crippen LogP contribution in [0.1, 0.15) is 25.5 Å². The van der Waals surface area contributed by atoms with Crippen molar-refractivity contribution in [2.24, 2.45) is 11.1 Å². The monoisotopic (exact) mass is 181 g/mol. The largest absolute Gasteiger partial charge is 0.367 e. The lowest BCUT2D eigenvalue weighted by molar-refractivity contribution is 0.266. The number of H-pyrrole nitrogens is 1. The van der Waals surface area contributed by atoms with Crippen molar-refractivity contribution in [3.63, 3.8) is 0 Å². The van der Waals surface area contributed by atoms with Gasteiger partial charge in [0.1, 0.15) is 0 Å². The summed E-state index contributed by atoms with van der Waals surface area (Å²) in [6.07, 6.45) is 3.95. The lowest BCUT2D eigenvalue weighted by Crippen LogP contribution is -2.37. The predicted molar refractivity (Wildman–Crippen MR) is 55.4 cm³/mol. The number of aromatic nitrogens is 1. The zero-order chi connectivity index (χ0) is 9.90. The Morgan fingerprint density at radius 3 is 2.69 bits per heavy atom. The highest BCUT2D eigenvalue weighted by atomic mass is 14.9. The Labute approximate surface area is 79.7 Å². The SMILES string of the molecule is CNC(c1cc[nH]c1)C(C)(C)CN. The molecule has 3 nitrogen and oxygen atoms in total. The normalized spacial score (nSPS) is 14.5. The Morgan fingerprint density at radius 1 is 1.62 bits per heavy atom. The van der Waals surface area contributed by atoms with Gasteiger partial charge >= 0.3 is 0 Å². The summed E-state index contributed by atoms with van der Waals surface area (Å²) in [6.45, 7) is 5.01. The maximum atomic E-state index is 5.74. The van der Waals surface area contributed by atoms with Gasteiger partial charge in [0.15, 0.2) is 0 Å². The maximum Gasteiger partial charge on any atom is 0.0396 e. The zero-order valence-electron chi connectivity index (χ0n) is 8.59. The van der Waals surface area contributed by atoms with Crippen molar-refractivity contribution in [1.29, 1.82) is 0 Å². The highest BCUT2D eigenvalue weighted by Gasteiger charge is 2.28. The van der Waals surface area contributed by atoms with E-state index in [0.717, 1.165) is 0 Å². The van der Waals surface area contributed by atoms with Crippen LogP contribution in [0.2, 0.25) is 0 Å². The average Bonchev–Trinajstić information content (AvgIpc) is 2.58. The Morgan fingerprint density at radius 2 is 2.31 bits per heavy atom. The lowest BCUT2D eigenvalue weighted by atomic mass is 9.81. The molecule has 0 aromatic carbocycles. The Hall–Kier alpha value is -0.800.